The molecule has 0 saturated heterocycles. The minimum Gasteiger partial charge on any atom is -0.331 e. The van der Waals surface area contributed by atoms with E-state index in [-0.39, 0.29) is 39.5 Å². The van der Waals surface area contributed by atoms with E-state index < -0.39 is 0 Å². The third-order valence-corrected chi connectivity index (χ3v) is 18.9. The normalized spacial score (nSPS) is 25.0. The lowest BCUT2D eigenvalue weighted by molar-refractivity contribution is 0.244. The molecule has 326 valence electrons. The van der Waals surface area contributed by atoms with Crippen molar-refractivity contribution in [3.8, 4) is 5.69 Å². The summed E-state index contributed by atoms with van der Waals surface area (Å²) in [5, 5.41) is 2.73. The summed E-state index contributed by atoms with van der Waals surface area (Å²) in [4.78, 5) is 5.70. The topological polar surface area (TPSA) is 11.4 Å². The molecule has 4 aliphatic heterocycles. The van der Waals surface area contributed by atoms with Crippen molar-refractivity contribution in [1.29, 1.82) is 0 Å². The standard InChI is InChI=1S/C62H60BN3/c1-57(2,3)39-26-27-50-42(32-39)43-33-40(58(4,5)6)34-49-55(43)64(50)52-35-41(65-51-25-16-15-22-46(51)59(7)30-28-37-18-11-13-20-44(37)61(59,65)9)36-53-54(52)63(49)48-24-17-23-47-56(48)66(53)62(10)45-21-14-12-19-38(45)29-31-60(47,62)8/h11-27,32-36H,28-31H2,1-10H3. The Labute approximate surface area is 391 Å². The molecule has 0 amide bonds. The first-order valence-corrected chi connectivity index (χ1v) is 24.8. The van der Waals surface area contributed by atoms with E-state index in [9.17, 15) is 0 Å². The van der Waals surface area contributed by atoms with Crippen LogP contribution in [0, 0.1) is 0 Å². The number of aryl methyl sites for hydroxylation is 2. The van der Waals surface area contributed by atoms with Crippen LogP contribution in [0.4, 0.5) is 22.7 Å². The minimum absolute atomic E-state index is 0.0176. The number of benzene rings is 7. The summed E-state index contributed by atoms with van der Waals surface area (Å²) in [5.74, 6) is 0. The van der Waals surface area contributed by atoms with Crippen molar-refractivity contribution < 1.29 is 0 Å². The van der Waals surface area contributed by atoms with Gasteiger partial charge in [-0.2, -0.15) is 0 Å². The van der Waals surface area contributed by atoms with Crippen LogP contribution in [0.3, 0.4) is 0 Å². The molecular weight excluding hydrogens is 798 g/mol. The molecule has 0 N–H and O–H groups in total. The van der Waals surface area contributed by atoms with Crippen LogP contribution in [-0.4, -0.2) is 11.3 Å². The zero-order chi connectivity index (χ0) is 45.2. The summed E-state index contributed by atoms with van der Waals surface area (Å²) < 4.78 is 2.72. The average molecular weight is 858 g/mol. The van der Waals surface area contributed by atoms with E-state index in [2.05, 4.69) is 217 Å². The second kappa shape index (κ2) is 12.1. The maximum absolute atomic E-state index is 2.89. The molecule has 2 aliphatic carbocycles. The van der Waals surface area contributed by atoms with Gasteiger partial charge in [0, 0.05) is 55.6 Å². The molecule has 4 atom stereocenters. The summed E-state index contributed by atoms with van der Waals surface area (Å²) in [7, 11) is 0. The predicted octanol–water partition coefficient (Wildman–Crippen LogP) is 13.1. The van der Waals surface area contributed by atoms with Crippen LogP contribution in [0.2, 0.25) is 0 Å². The smallest absolute Gasteiger partial charge is 0.252 e. The van der Waals surface area contributed by atoms with Gasteiger partial charge in [-0.05, 0) is 148 Å². The summed E-state index contributed by atoms with van der Waals surface area (Å²) >= 11 is 0. The van der Waals surface area contributed by atoms with Crippen LogP contribution in [0.25, 0.3) is 27.5 Å². The van der Waals surface area contributed by atoms with Crippen molar-refractivity contribution in [2.75, 3.05) is 9.80 Å². The van der Waals surface area contributed by atoms with Crippen molar-refractivity contribution in [1.82, 2.24) is 4.57 Å². The van der Waals surface area contributed by atoms with Gasteiger partial charge in [-0.1, -0.05) is 152 Å². The summed E-state index contributed by atoms with van der Waals surface area (Å²) in [6.45, 7) is 24.7. The van der Waals surface area contributed by atoms with Gasteiger partial charge in [-0.3, -0.25) is 0 Å². The second-order valence-corrected chi connectivity index (χ2v) is 23.9. The zero-order valence-electron chi connectivity index (χ0n) is 40.4. The molecule has 4 heteroatoms. The van der Waals surface area contributed by atoms with Crippen molar-refractivity contribution in [3.05, 3.63) is 178 Å². The minimum atomic E-state index is -0.325. The molecule has 6 aliphatic rings. The predicted molar refractivity (Wildman–Crippen MR) is 279 cm³/mol. The molecular formula is C62H60BN3. The lowest BCUT2D eigenvalue weighted by Gasteiger charge is -2.54. The van der Waals surface area contributed by atoms with Gasteiger partial charge in [-0.25, -0.2) is 0 Å². The molecule has 0 fully saturated rings. The Kier molecular flexibility index (Phi) is 7.20. The highest BCUT2D eigenvalue weighted by Crippen LogP contribution is 2.67. The fraction of sp³-hybridized carbons (Fsp3) is 0.323. The first kappa shape index (κ1) is 39.2. The molecule has 14 rings (SSSR count). The number of hydrogen-bond donors (Lipinski definition) is 0. The summed E-state index contributed by atoms with van der Waals surface area (Å²) in [5.41, 5.74) is 24.5. The lowest BCUT2D eigenvalue weighted by atomic mass is 9.33. The number of rotatable bonds is 1. The monoisotopic (exact) mass is 857 g/mol. The molecule has 66 heavy (non-hydrogen) atoms. The lowest BCUT2D eigenvalue weighted by Crippen LogP contribution is -2.63. The van der Waals surface area contributed by atoms with Crippen LogP contribution < -0.4 is 26.2 Å². The molecule has 5 heterocycles. The molecule has 1 aromatic heterocycles. The van der Waals surface area contributed by atoms with Crippen molar-refractivity contribution in [2.24, 2.45) is 0 Å². The molecule has 3 nitrogen and oxygen atoms in total. The third-order valence-electron chi connectivity index (χ3n) is 18.9. The van der Waals surface area contributed by atoms with Crippen LogP contribution in [0.1, 0.15) is 127 Å². The van der Waals surface area contributed by atoms with Crippen molar-refractivity contribution in [3.63, 3.8) is 0 Å². The van der Waals surface area contributed by atoms with E-state index in [1.807, 2.05) is 0 Å². The Morgan fingerprint density at radius 3 is 1.74 bits per heavy atom. The van der Waals surface area contributed by atoms with Crippen LogP contribution in [-0.2, 0) is 45.6 Å². The van der Waals surface area contributed by atoms with Gasteiger partial charge in [0.1, 0.15) is 0 Å². The Morgan fingerprint density at radius 1 is 0.485 bits per heavy atom. The molecule has 0 bridgehead atoms. The van der Waals surface area contributed by atoms with Gasteiger partial charge in [0.15, 0.2) is 0 Å². The first-order valence-electron chi connectivity index (χ1n) is 24.8. The first-order chi connectivity index (χ1) is 31.5. The SMILES string of the molecule is CC(C)(C)c1ccc2c(c1)c1cc(C(C)(C)C)cc3c1n2-c1cc(N2c4ccccc4C4(C)CCc5ccccc5C24C)cc2c1B3c1cccc3c1N2C1(C)c2ccccc2CCC31C. The number of para-hydroxylation sites is 2. The molecule has 0 spiro atoms. The molecule has 8 aromatic rings. The van der Waals surface area contributed by atoms with Gasteiger partial charge < -0.3 is 14.4 Å². The largest absolute Gasteiger partial charge is 0.331 e. The van der Waals surface area contributed by atoms with Gasteiger partial charge in [0.2, 0.25) is 0 Å². The zero-order valence-corrected chi connectivity index (χ0v) is 40.4. The molecule has 0 radical (unpaired) electrons. The van der Waals surface area contributed by atoms with E-state index in [1.165, 1.54) is 111 Å². The van der Waals surface area contributed by atoms with Crippen LogP contribution >= 0.6 is 0 Å². The Balaban J connectivity index is 1.17. The molecule has 7 aromatic carbocycles. The second-order valence-electron chi connectivity index (χ2n) is 23.9. The third kappa shape index (κ3) is 4.36. The number of anilines is 4. The quantitative estimate of drug-likeness (QED) is 0.152. The number of fused-ring (bicyclic) bond motifs is 17. The van der Waals surface area contributed by atoms with E-state index >= 15 is 0 Å². The number of hydrogen-bond acceptors (Lipinski definition) is 2. The Morgan fingerprint density at radius 2 is 1.06 bits per heavy atom. The highest BCUT2D eigenvalue weighted by Gasteiger charge is 2.64. The van der Waals surface area contributed by atoms with Crippen LogP contribution in [0.5, 0.6) is 0 Å². The summed E-state index contributed by atoms with van der Waals surface area (Å²) in [6, 6.07) is 53.5. The van der Waals surface area contributed by atoms with E-state index in [0.29, 0.717) is 0 Å². The maximum atomic E-state index is 2.89. The average Bonchev–Trinajstić information content (AvgIpc) is 3.83. The fourth-order valence-corrected chi connectivity index (χ4v) is 15.1. The van der Waals surface area contributed by atoms with E-state index in [4.69, 9.17) is 0 Å². The highest BCUT2D eigenvalue weighted by atomic mass is 15.3. The van der Waals surface area contributed by atoms with Crippen LogP contribution in [0.15, 0.2) is 133 Å². The Bertz CT molecular complexity index is 3500. The van der Waals surface area contributed by atoms with E-state index in [1.54, 1.807) is 0 Å². The van der Waals surface area contributed by atoms with Gasteiger partial charge in [0.25, 0.3) is 6.71 Å². The highest BCUT2D eigenvalue weighted by molar-refractivity contribution is 7.00. The molecule has 0 saturated carbocycles. The molecule has 4 unspecified atom stereocenters. The Hall–Kier alpha value is -6.00. The maximum Gasteiger partial charge on any atom is 0.252 e. The van der Waals surface area contributed by atoms with Crippen molar-refractivity contribution >= 4 is 67.7 Å². The summed E-state index contributed by atoms with van der Waals surface area (Å²) in [6.07, 6.45) is 4.39. The number of nitrogens with zero attached hydrogens (tertiary/aromatic N) is 3. The number of aromatic nitrogens is 1. The van der Waals surface area contributed by atoms with Gasteiger partial charge in [0.05, 0.1) is 16.6 Å². The fourth-order valence-electron chi connectivity index (χ4n) is 15.1. The van der Waals surface area contributed by atoms with Gasteiger partial charge >= 0.3 is 0 Å². The van der Waals surface area contributed by atoms with Gasteiger partial charge in [-0.15, -0.1) is 0 Å². The van der Waals surface area contributed by atoms with Crippen molar-refractivity contribution in [2.45, 2.75) is 128 Å². The van der Waals surface area contributed by atoms with E-state index in [0.717, 1.165) is 25.7 Å².